The number of carbonyl (C=O) groups excluding carboxylic acids is 2. The highest BCUT2D eigenvalue weighted by atomic mass is 16.5. The first-order valence-electron chi connectivity index (χ1n) is 7.74. The van der Waals surface area contributed by atoms with E-state index in [0.717, 1.165) is 23.8 Å². The molecular formula is C17H20N2O5. The van der Waals surface area contributed by atoms with Gasteiger partial charge in [0.1, 0.15) is 11.3 Å². The van der Waals surface area contributed by atoms with Crippen LogP contribution in [0.15, 0.2) is 33.5 Å². The van der Waals surface area contributed by atoms with E-state index < -0.39 is 17.6 Å². The summed E-state index contributed by atoms with van der Waals surface area (Å²) in [4.78, 5) is 34.5. The van der Waals surface area contributed by atoms with Crippen molar-refractivity contribution in [3.63, 3.8) is 0 Å². The summed E-state index contributed by atoms with van der Waals surface area (Å²) < 4.78 is 10.4. The largest absolute Gasteiger partial charge is 0.484 e. The first-order chi connectivity index (χ1) is 11.5. The molecule has 2 aromatic rings. The van der Waals surface area contributed by atoms with Crippen molar-refractivity contribution in [3.8, 4) is 5.75 Å². The maximum Gasteiger partial charge on any atom is 0.336 e. The number of aryl methyl sites for hydroxylation is 1. The lowest BCUT2D eigenvalue weighted by molar-refractivity contribution is -0.122. The minimum absolute atomic E-state index is 0.317. The highest BCUT2D eigenvalue weighted by molar-refractivity contribution is 5.95. The molecule has 2 N–H and O–H groups in total. The Bertz CT molecular complexity index is 797. The highest BCUT2D eigenvalue weighted by Crippen LogP contribution is 2.22. The lowest BCUT2D eigenvalue weighted by Gasteiger charge is -2.08. The number of imide groups is 1. The van der Waals surface area contributed by atoms with Gasteiger partial charge in [0.15, 0.2) is 6.61 Å². The molecule has 0 aliphatic carbocycles. The van der Waals surface area contributed by atoms with Crippen LogP contribution in [0.2, 0.25) is 0 Å². The van der Waals surface area contributed by atoms with Crippen molar-refractivity contribution in [2.24, 2.45) is 0 Å². The fourth-order valence-corrected chi connectivity index (χ4v) is 2.13. The smallest absolute Gasteiger partial charge is 0.336 e. The zero-order valence-electron chi connectivity index (χ0n) is 13.7. The van der Waals surface area contributed by atoms with Crippen LogP contribution in [0, 0.1) is 6.92 Å². The van der Waals surface area contributed by atoms with Crippen LogP contribution in [0.5, 0.6) is 5.75 Å². The molecule has 0 bridgehead atoms. The first-order valence-corrected chi connectivity index (χ1v) is 7.74. The summed E-state index contributed by atoms with van der Waals surface area (Å²) in [6.07, 6.45) is 1.80. The van der Waals surface area contributed by atoms with Gasteiger partial charge in [0, 0.05) is 24.1 Å². The van der Waals surface area contributed by atoms with E-state index in [9.17, 15) is 14.4 Å². The fraction of sp³-hybridized carbons (Fsp3) is 0.353. The first kappa shape index (κ1) is 17.5. The van der Waals surface area contributed by atoms with Gasteiger partial charge in [-0.05, 0) is 31.0 Å². The van der Waals surface area contributed by atoms with Crippen LogP contribution >= 0.6 is 0 Å². The monoisotopic (exact) mass is 332 g/mol. The molecular weight excluding hydrogens is 312 g/mol. The summed E-state index contributed by atoms with van der Waals surface area (Å²) in [6, 6.07) is 5.82. The Morgan fingerprint density at radius 1 is 1.25 bits per heavy atom. The Hall–Kier alpha value is -2.83. The molecule has 0 saturated carbocycles. The predicted octanol–water partition coefficient (Wildman–Crippen LogP) is 2.11. The van der Waals surface area contributed by atoms with Gasteiger partial charge in [-0.25, -0.2) is 9.59 Å². The summed E-state index contributed by atoms with van der Waals surface area (Å²) in [5.74, 6) is -0.187. The second kappa shape index (κ2) is 8.14. The van der Waals surface area contributed by atoms with Gasteiger partial charge < -0.3 is 14.5 Å². The molecule has 128 valence electrons. The van der Waals surface area contributed by atoms with E-state index in [4.69, 9.17) is 9.15 Å². The summed E-state index contributed by atoms with van der Waals surface area (Å²) in [5.41, 5.74) is 0.739. The molecule has 7 heteroatoms. The van der Waals surface area contributed by atoms with Gasteiger partial charge in [0.05, 0.1) is 0 Å². The van der Waals surface area contributed by atoms with Gasteiger partial charge in [0.25, 0.3) is 5.91 Å². The van der Waals surface area contributed by atoms with Crippen molar-refractivity contribution in [2.45, 2.75) is 26.7 Å². The predicted molar refractivity (Wildman–Crippen MR) is 89.2 cm³/mol. The van der Waals surface area contributed by atoms with Gasteiger partial charge in [-0.15, -0.1) is 0 Å². The molecule has 0 radical (unpaired) electrons. The zero-order chi connectivity index (χ0) is 17.5. The topological polar surface area (TPSA) is 97.6 Å². The molecule has 0 atom stereocenters. The molecule has 0 fully saturated rings. The standard InChI is InChI=1S/C17H20N2O5/c1-3-4-7-18-17(22)19-15(20)10-23-12-5-6-13-11(2)8-16(21)24-14(13)9-12/h5-6,8-9H,3-4,7,10H2,1-2H3,(H2,18,19,20,22). The third-order valence-electron chi connectivity index (χ3n) is 3.36. The number of fused-ring (bicyclic) bond motifs is 1. The average Bonchev–Trinajstić information content (AvgIpc) is 2.52. The van der Waals surface area contributed by atoms with Crippen LogP contribution in [0.4, 0.5) is 4.79 Å². The van der Waals surface area contributed by atoms with E-state index in [1.165, 1.54) is 6.07 Å². The van der Waals surface area contributed by atoms with Gasteiger partial charge in [-0.3, -0.25) is 10.1 Å². The Balaban J connectivity index is 1.92. The molecule has 0 unspecified atom stereocenters. The average molecular weight is 332 g/mol. The Kier molecular flexibility index (Phi) is 5.95. The van der Waals surface area contributed by atoms with E-state index in [1.807, 2.05) is 13.8 Å². The molecule has 0 aliphatic rings. The van der Waals surface area contributed by atoms with Crippen molar-refractivity contribution >= 4 is 22.9 Å². The number of unbranched alkanes of at least 4 members (excludes halogenated alkanes) is 1. The molecule has 0 spiro atoms. The second-order valence-corrected chi connectivity index (χ2v) is 5.35. The molecule has 0 saturated heterocycles. The number of carbonyl (C=O) groups is 2. The zero-order valence-corrected chi connectivity index (χ0v) is 13.7. The summed E-state index contributed by atoms with van der Waals surface area (Å²) in [7, 11) is 0. The number of nitrogens with one attached hydrogen (secondary N) is 2. The number of benzene rings is 1. The van der Waals surface area contributed by atoms with Crippen molar-refractivity contribution in [2.75, 3.05) is 13.2 Å². The number of amides is 3. The van der Waals surface area contributed by atoms with Crippen molar-refractivity contribution in [1.82, 2.24) is 10.6 Å². The van der Waals surface area contributed by atoms with Crippen LogP contribution in [-0.2, 0) is 4.79 Å². The number of urea groups is 1. The van der Waals surface area contributed by atoms with Gasteiger partial charge >= 0.3 is 11.7 Å². The van der Waals surface area contributed by atoms with E-state index in [0.29, 0.717) is 17.9 Å². The maximum atomic E-state index is 11.7. The highest BCUT2D eigenvalue weighted by Gasteiger charge is 2.09. The van der Waals surface area contributed by atoms with Gasteiger partial charge in [0.2, 0.25) is 0 Å². The van der Waals surface area contributed by atoms with Crippen LogP contribution < -0.4 is 21.0 Å². The van der Waals surface area contributed by atoms with Crippen LogP contribution in [0.25, 0.3) is 11.0 Å². The van der Waals surface area contributed by atoms with E-state index in [-0.39, 0.29) is 6.61 Å². The molecule has 7 nitrogen and oxygen atoms in total. The van der Waals surface area contributed by atoms with Crippen molar-refractivity contribution in [3.05, 3.63) is 40.2 Å². The molecule has 0 aliphatic heterocycles. The fourth-order valence-electron chi connectivity index (χ4n) is 2.13. The van der Waals surface area contributed by atoms with E-state index in [1.54, 1.807) is 18.2 Å². The third kappa shape index (κ3) is 4.84. The van der Waals surface area contributed by atoms with E-state index in [2.05, 4.69) is 10.6 Å². The maximum absolute atomic E-state index is 11.7. The SMILES string of the molecule is CCCCNC(=O)NC(=O)COc1ccc2c(C)cc(=O)oc2c1. The number of rotatable bonds is 6. The van der Waals surface area contributed by atoms with Crippen LogP contribution in [0.1, 0.15) is 25.3 Å². The van der Waals surface area contributed by atoms with Crippen LogP contribution in [0.3, 0.4) is 0 Å². The van der Waals surface area contributed by atoms with Crippen LogP contribution in [-0.4, -0.2) is 25.1 Å². The summed E-state index contributed by atoms with van der Waals surface area (Å²) >= 11 is 0. The third-order valence-corrected chi connectivity index (χ3v) is 3.36. The van der Waals surface area contributed by atoms with Gasteiger partial charge in [-0.1, -0.05) is 13.3 Å². The number of ether oxygens (including phenoxy) is 1. The quantitative estimate of drug-likeness (QED) is 0.624. The number of hydrogen-bond donors (Lipinski definition) is 2. The second-order valence-electron chi connectivity index (χ2n) is 5.35. The van der Waals surface area contributed by atoms with Crippen molar-refractivity contribution < 1.29 is 18.7 Å². The lowest BCUT2D eigenvalue weighted by Crippen LogP contribution is -2.41. The molecule has 24 heavy (non-hydrogen) atoms. The minimum Gasteiger partial charge on any atom is -0.484 e. The van der Waals surface area contributed by atoms with Crippen molar-refractivity contribution in [1.29, 1.82) is 0 Å². The van der Waals surface area contributed by atoms with E-state index >= 15 is 0 Å². The van der Waals surface area contributed by atoms with Gasteiger partial charge in [-0.2, -0.15) is 0 Å². The normalized spacial score (nSPS) is 10.4. The summed E-state index contributed by atoms with van der Waals surface area (Å²) in [5, 5.41) is 5.54. The Labute approximate surface area is 139 Å². The Morgan fingerprint density at radius 3 is 2.79 bits per heavy atom. The molecule has 3 amide bonds. The summed E-state index contributed by atoms with van der Waals surface area (Å²) in [6.45, 7) is 4.01. The lowest BCUT2D eigenvalue weighted by atomic mass is 10.1. The number of hydrogen-bond acceptors (Lipinski definition) is 5. The molecule has 1 aromatic heterocycles. The molecule has 2 rings (SSSR count). The molecule has 1 aromatic carbocycles. The Morgan fingerprint density at radius 2 is 2.04 bits per heavy atom. The minimum atomic E-state index is -0.560. The molecule has 1 heterocycles.